The number of nitrogens with one attached hydrogen (secondary N) is 1. The van der Waals surface area contributed by atoms with Crippen LogP contribution in [0.3, 0.4) is 0 Å². The molecule has 20 heavy (non-hydrogen) atoms. The van der Waals surface area contributed by atoms with Crippen molar-refractivity contribution in [2.24, 2.45) is 0 Å². The van der Waals surface area contributed by atoms with E-state index in [4.69, 9.17) is 17.3 Å². The first-order chi connectivity index (χ1) is 9.29. The van der Waals surface area contributed by atoms with Gasteiger partial charge in [0.15, 0.2) is 0 Å². The van der Waals surface area contributed by atoms with Crippen molar-refractivity contribution in [3.8, 4) is 0 Å². The third-order valence-corrected chi connectivity index (χ3v) is 4.57. The largest absolute Gasteiger partial charge is 0.399 e. The topological polar surface area (TPSA) is 72.2 Å². The number of sulfonamides is 1. The fourth-order valence-electron chi connectivity index (χ4n) is 1.64. The second-order valence-corrected chi connectivity index (χ2v) is 6.31. The predicted molar refractivity (Wildman–Crippen MR) is 77.8 cm³/mol. The lowest BCUT2D eigenvalue weighted by atomic mass is 10.2. The molecule has 0 atom stereocenters. The van der Waals surface area contributed by atoms with E-state index in [9.17, 15) is 12.8 Å². The summed E-state index contributed by atoms with van der Waals surface area (Å²) in [5.74, 6) is -0.600. The van der Waals surface area contributed by atoms with Crippen molar-refractivity contribution in [2.75, 3.05) is 10.5 Å². The summed E-state index contributed by atoms with van der Waals surface area (Å²) in [5, 5.41) is -0.176. The molecule has 7 heteroatoms. The van der Waals surface area contributed by atoms with E-state index in [0.717, 1.165) is 23.8 Å². The molecule has 0 unspecified atom stereocenters. The molecule has 0 bridgehead atoms. The zero-order valence-corrected chi connectivity index (χ0v) is 12.1. The van der Waals surface area contributed by atoms with E-state index in [-0.39, 0.29) is 9.92 Å². The minimum Gasteiger partial charge on any atom is -0.399 e. The van der Waals surface area contributed by atoms with E-state index in [0.29, 0.717) is 11.4 Å². The van der Waals surface area contributed by atoms with Crippen LogP contribution >= 0.6 is 11.6 Å². The molecule has 2 aromatic carbocycles. The van der Waals surface area contributed by atoms with Gasteiger partial charge in [-0.1, -0.05) is 11.6 Å². The van der Waals surface area contributed by atoms with Gasteiger partial charge in [-0.3, -0.25) is 4.72 Å². The zero-order chi connectivity index (χ0) is 14.9. The number of halogens is 2. The average Bonchev–Trinajstić information content (AvgIpc) is 2.33. The van der Waals surface area contributed by atoms with Crippen molar-refractivity contribution in [3.05, 3.63) is 52.8 Å². The molecule has 2 aromatic rings. The Morgan fingerprint density at radius 2 is 1.90 bits per heavy atom. The standard InChI is InChI=1S/C13H12ClFN2O2S/c1-8-6-10(3-4-12(8)16)17-20(18,19)13-5-2-9(15)7-11(13)14/h2-7,17H,16H2,1H3. The maximum Gasteiger partial charge on any atom is 0.263 e. The highest BCUT2D eigenvalue weighted by molar-refractivity contribution is 7.92. The van der Waals surface area contributed by atoms with Crippen LogP contribution in [0.1, 0.15) is 5.56 Å². The molecule has 0 spiro atoms. The minimum absolute atomic E-state index is 0.176. The molecule has 0 aliphatic carbocycles. The summed E-state index contributed by atoms with van der Waals surface area (Å²) >= 11 is 5.76. The number of aryl methyl sites for hydroxylation is 1. The van der Waals surface area contributed by atoms with Gasteiger partial charge in [-0.15, -0.1) is 0 Å². The molecule has 0 aliphatic heterocycles. The predicted octanol–water partition coefficient (Wildman–Crippen LogP) is 3.17. The Morgan fingerprint density at radius 3 is 2.50 bits per heavy atom. The summed E-state index contributed by atoms with van der Waals surface area (Å²) in [6, 6.07) is 7.84. The second-order valence-electron chi connectivity index (χ2n) is 4.25. The summed E-state index contributed by atoms with van der Waals surface area (Å²) in [6.07, 6.45) is 0. The SMILES string of the molecule is Cc1cc(NS(=O)(=O)c2ccc(F)cc2Cl)ccc1N. The molecule has 0 aromatic heterocycles. The van der Waals surface area contributed by atoms with Gasteiger partial charge >= 0.3 is 0 Å². The Morgan fingerprint density at radius 1 is 1.20 bits per heavy atom. The quantitative estimate of drug-likeness (QED) is 0.855. The van der Waals surface area contributed by atoms with Gasteiger partial charge in [0.2, 0.25) is 0 Å². The first-order valence-corrected chi connectivity index (χ1v) is 7.50. The van der Waals surface area contributed by atoms with Crippen LogP contribution in [-0.4, -0.2) is 8.42 Å². The smallest absolute Gasteiger partial charge is 0.263 e. The fraction of sp³-hybridized carbons (Fsp3) is 0.0769. The summed E-state index contributed by atoms with van der Waals surface area (Å²) in [4.78, 5) is -0.185. The molecule has 106 valence electrons. The third kappa shape index (κ3) is 3.02. The van der Waals surface area contributed by atoms with Gasteiger partial charge in [0.1, 0.15) is 10.7 Å². The molecule has 0 saturated heterocycles. The average molecular weight is 315 g/mol. The summed E-state index contributed by atoms with van der Waals surface area (Å²) < 4.78 is 39.7. The van der Waals surface area contributed by atoms with Crippen molar-refractivity contribution in [1.29, 1.82) is 0 Å². The highest BCUT2D eigenvalue weighted by Gasteiger charge is 2.18. The molecular weight excluding hydrogens is 303 g/mol. The van der Waals surface area contributed by atoms with E-state index < -0.39 is 15.8 Å². The molecule has 0 aliphatic rings. The molecule has 2 rings (SSSR count). The minimum atomic E-state index is -3.88. The number of anilines is 2. The first-order valence-electron chi connectivity index (χ1n) is 5.63. The first kappa shape index (κ1) is 14.6. The van der Waals surface area contributed by atoms with Crippen LogP contribution in [0.2, 0.25) is 5.02 Å². The van der Waals surface area contributed by atoms with E-state index in [1.54, 1.807) is 19.1 Å². The van der Waals surface area contributed by atoms with E-state index >= 15 is 0 Å². The number of benzene rings is 2. The number of hydrogen-bond acceptors (Lipinski definition) is 3. The number of nitrogens with two attached hydrogens (primary N) is 1. The Balaban J connectivity index is 2.38. The van der Waals surface area contributed by atoms with Gasteiger partial charge in [-0.05, 0) is 48.9 Å². The Hall–Kier alpha value is -1.79. The van der Waals surface area contributed by atoms with E-state index in [1.807, 2.05) is 0 Å². The summed E-state index contributed by atoms with van der Waals surface area (Å²) in [6.45, 7) is 1.76. The molecule has 4 nitrogen and oxygen atoms in total. The van der Waals surface area contributed by atoms with Gasteiger partial charge in [-0.2, -0.15) is 0 Å². The van der Waals surface area contributed by atoms with Crippen LogP contribution < -0.4 is 10.5 Å². The maximum absolute atomic E-state index is 12.9. The van der Waals surface area contributed by atoms with Crippen molar-refractivity contribution < 1.29 is 12.8 Å². The molecule has 0 radical (unpaired) electrons. The highest BCUT2D eigenvalue weighted by atomic mass is 35.5. The van der Waals surface area contributed by atoms with Crippen molar-refractivity contribution >= 4 is 33.0 Å². The van der Waals surface area contributed by atoms with Crippen molar-refractivity contribution in [2.45, 2.75) is 11.8 Å². The molecule has 0 saturated carbocycles. The maximum atomic E-state index is 12.9. The van der Waals surface area contributed by atoms with Crippen LogP contribution in [0.5, 0.6) is 0 Å². The number of nitrogen functional groups attached to an aromatic ring is 1. The van der Waals surface area contributed by atoms with Crippen LogP contribution in [-0.2, 0) is 10.0 Å². The lowest BCUT2D eigenvalue weighted by molar-refractivity contribution is 0.600. The molecular formula is C13H12ClFN2O2S. The van der Waals surface area contributed by atoms with Crippen LogP contribution in [0.15, 0.2) is 41.3 Å². The lowest BCUT2D eigenvalue weighted by Crippen LogP contribution is -2.13. The van der Waals surface area contributed by atoms with Gasteiger partial charge in [-0.25, -0.2) is 12.8 Å². The van der Waals surface area contributed by atoms with Gasteiger partial charge in [0.05, 0.1) is 5.02 Å². The van der Waals surface area contributed by atoms with Crippen LogP contribution in [0, 0.1) is 12.7 Å². The van der Waals surface area contributed by atoms with Gasteiger partial charge in [0.25, 0.3) is 10.0 Å². The highest BCUT2D eigenvalue weighted by Crippen LogP contribution is 2.25. The number of rotatable bonds is 3. The third-order valence-electron chi connectivity index (χ3n) is 2.71. The number of hydrogen-bond donors (Lipinski definition) is 2. The monoisotopic (exact) mass is 314 g/mol. The Kier molecular flexibility index (Phi) is 3.87. The van der Waals surface area contributed by atoms with Crippen molar-refractivity contribution in [1.82, 2.24) is 0 Å². The normalized spacial score (nSPS) is 11.3. The summed E-state index contributed by atoms with van der Waals surface area (Å²) in [7, 11) is -3.88. The molecule has 0 fully saturated rings. The molecule has 3 N–H and O–H groups in total. The van der Waals surface area contributed by atoms with Crippen LogP contribution in [0.4, 0.5) is 15.8 Å². The van der Waals surface area contributed by atoms with E-state index in [1.165, 1.54) is 6.07 Å². The second kappa shape index (κ2) is 5.30. The lowest BCUT2D eigenvalue weighted by Gasteiger charge is -2.11. The summed E-state index contributed by atoms with van der Waals surface area (Å²) in [5.41, 5.74) is 7.33. The van der Waals surface area contributed by atoms with E-state index in [2.05, 4.69) is 4.72 Å². The zero-order valence-electron chi connectivity index (χ0n) is 10.5. The molecule has 0 amide bonds. The van der Waals surface area contributed by atoms with Crippen LogP contribution in [0.25, 0.3) is 0 Å². The Bertz CT molecular complexity index is 763. The van der Waals surface area contributed by atoms with Gasteiger partial charge < -0.3 is 5.73 Å². The van der Waals surface area contributed by atoms with Gasteiger partial charge in [0, 0.05) is 11.4 Å². The fourth-order valence-corrected chi connectivity index (χ4v) is 3.22. The molecule has 0 heterocycles. The Labute approximate surface area is 121 Å². The van der Waals surface area contributed by atoms with Crippen molar-refractivity contribution in [3.63, 3.8) is 0 Å².